The van der Waals surface area contributed by atoms with E-state index in [9.17, 15) is 4.79 Å². The van der Waals surface area contributed by atoms with Gasteiger partial charge in [0.25, 0.3) is 0 Å². The van der Waals surface area contributed by atoms with Crippen LogP contribution in [0.1, 0.15) is 11.1 Å². The van der Waals surface area contributed by atoms with Crippen molar-refractivity contribution in [3.63, 3.8) is 0 Å². The quantitative estimate of drug-likeness (QED) is 0.656. The van der Waals surface area contributed by atoms with E-state index in [1.54, 1.807) is 36.7 Å². The molecular weight excluding hydrogens is 328 g/mol. The minimum atomic E-state index is -0.336. The summed E-state index contributed by atoms with van der Waals surface area (Å²) in [4.78, 5) is 20.1. The molecule has 7 nitrogen and oxygen atoms in total. The maximum Gasteiger partial charge on any atom is 0.323 e. The number of hydrogen-bond donors (Lipinski definition) is 3. The van der Waals surface area contributed by atoms with Gasteiger partial charge in [0.15, 0.2) is 0 Å². The molecule has 0 atom stereocenters. The van der Waals surface area contributed by atoms with Crippen molar-refractivity contribution in [2.75, 3.05) is 16.0 Å². The van der Waals surface area contributed by atoms with E-state index in [1.807, 2.05) is 30.3 Å². The normalized spacial score (nSPS) is 9.81. The first-order valence-electron chi connectivity index (χ1n) is 7.90. The molecule has 0 spiro atoms. The van der Waals surface area contributed by atoms with Crippen molar-refractivity contribution in [1.29, 1.82) is 5.26 Å². The molecule has 0 aliphatic rings. The molecular formula is C19H16N6O. The van der Waals surface area contributed by atoms with E-state index in [-0.39, 0.29) is 6.03 Å². The Morgan fingerprint density at radius 2 is 1.88 bits per heavy atom. The number of amides is 2. The Labute approximate surface area is 150 Å². The van der Waals surface area contributed by atoms with Crippen LogP contribution in [-0.4, -0.2) is 16.0 Å². The van der Waals surface area contributed by atoms with Crippen LogP contribution in [0.25, 0.3) is 0 Å². The number of rotatable bonds is 5. The molecule has 2 heterocycles. The highest BCUT2D eigenvalue weighted by Crippen LogP contribution is 2.13. The van der Waals surface area contributed by atoms with Crippen LogP contribution < -0.4 is 16.0 Å². The fourth-order valence-electron chi connectivity index (χ4n) is 2.25. The minimum absolute atomic E-state index is 0.336. The van der Waals surface area contributed by atoms with E-state index in [1.165, 1.54) is 6.20 Å². The number of carbonyl (C=O) groups is 1. The van der Waals surface area contributed by atoms with E-state index >= 15 is 0 Å². The number of nitriles is 1. The second-order valence-corrected chi connectivity index (χ2v) is 5.42. The van der Waals surface area contributed by atoms with Gasteiger partial charge in [-0.25, -0.2) is 9.78 Å². The van der Waals surface area contributed by atoms with E-state index in [4.69, 9.17) is 5.26 Å². The van der Waals surface area contributed by atoms with Gasteiger partial charge < -0.3 is 16.0 Å². The molecule has 0 fully saturated rings. The third-order valence-corrected chi connectivity index (χ3v) is 3.47. The number of nitrogens with zero attached hydrogens (tertiary/aromatic N) is 3. The van der Waals surface area contributed by atoms with Gasteiger partial charge in [-0.1, -0.05) is 12.1 Å². The van der Waals surface area contributed by atoms with Crippen LogP contribution >= 0.6 is 0 Å². The monoisotopic (exact) mass is 344 g/mol. The van der Waals surface area contributed by atoms with Crippen molar-refractivity contribution < 1.29 is 4.79 Å². The average molecular weight is 344 g/mol. The molecule has 3 aromatic rings. The Morgan fingerprint density at radius 1 is 1.04 bits per heavy atom. The number of pyridine rings is 2. The predicted molar refractivity (Wildman–Crippen MR) is 99.6 cm³/mol. The van der Waals surface area contributed by atoms with Gasteiger partial charge in [-0.3, -0.25) is 4.98 Å². The third-order valence-electron chi connectivity index (χ3n) is 3.47. The van der Waals surface area contributed by atoms with Gasteiger partial charge in [-0.2, -0.15) is 5.26 Å². The van der Waals surface area contributed by atoms with E-state index < -0.39 is 0 Å². The summed E-state index contributed by atoms with van der Waals surface area (Å²) in [6, 6.07) is 16.2. The van der Waals surface area contributed by atoms with Gasteiger partial charge in [-0.15, -0.1) is 0 Å². The summed E-state index contributed by atoms with van der Waals surface area (Å²) in [5.74, 6) is 0.677. The second-order valence-electron chi connectivity index (χ2n) is 5.42. The Balaban J connectivity index is 1.57. The summed E-state index contributed by atoms with van der Waals surface area (Å²) in [7, 11) is 0. The van der Waals surface area contributed by atoms with Crippen molar-refractivity contribution in [2.24, 2.45) is 0 Å². The molecule has 26 heavy (non-hydrogen) atoms. The Morgan fingerprint density at radius 3 is 2.62 bits per heavy atom. The number of carbonyl (C=O) groups excluding carboxylic acids is 1. The number of hydrogen-bond acceptors (Lipinski definition) is 5. The summed E-state index contributed by atoms with van der Waals surface area (Å²) in [5.41, 5.74) is 2.80. The SMILES string of the molecule is N#Cc1ccc(NCc2cccc(NC(=O)Nc3cccnc3)c2)nc1. The van der Waals surface area contributed by atoms with E-state index in [2.05, 4.69) is 25.9 Å². The molecule has 0 radical (unpaired) electrons. The molecule has 0 aliphatic heterocycles. The molecule has 1 aromatic carbocycles. The van der Waals surface area contributed by atoms with Crippen LogP contribution in [-0.2, 0) is 6.54 Å². The van der Waals surface area contributed by atoms with Crippen molar-refractivity contribution in [3.05, 3.63) is 78.2 Å². The summed E-state index contributed by atoms with van der Waals surface area (Å²) in [6.07, 6.45) is 4.73. The average Bonchev–Trinajstić information content (AvgIpc) is 2.68. The first-order valence-corrected chi connectivity index (χ1v) is 7.90. The van der Waals surface area contributed by atoms with Gasteiger partial charge in [0.1, 0.15) is 11.9 Å². The van der Waals surface area contributed by atoms with E-state index in [0.717, 1.165) is 5.56 Å². The molecule has 3 rings (SSSR count). The molecule has 2 aromatic heterocycles. The maximum atomic E-state index is 12.0. The molecule has 128 valence electrons. The first-order chi connectivity index (χ1) is 12.7. The highest BCUT2D eigenvalue weighted by Gasteiger charge is 2.04. The number of nitrogens with one attached hydrogen (secondary N) is 3. The standard InChI is InChI=1S/C19H16N6O/c20-10-15-6-7-18(23-12-15)22-11-14-3-1-4-16(9-14)24-19(26)25-17-5-2-8-21-13-17/h1-9,12-13H,11H2,(H,22,23)(H2,24,25,26). The minimum Gasteiger partial charge on any atom is -0.366 e. The third kappa shape index (κ3) is 4.79. The van der Waals surface area contributed by atoms with Gasteiger partial charge in [0.2, 0.25) is 0 Å². The van der Waals surface area contributed by atoms with E-state index in [0.29, 0.717) is 29.3 Å². The van der Waals surface area contributed by atoms with Gasteiger partial charge >= 0.3 is 6.03 Å². The molecule has 7 heteroatoms. The van der Waals surface area contributed by atoms with Gasteiger partial charge in [0.05, 0.1) is 17.4 Å². The Hall–Kier alpha value is -3.92. The molecule has 2 amide bonds. The highest BCUT2D eigenvalue weighted by molar-refractivity contribution is 5.99. The van der Waals surface area contributed by atoms with Crippen LogP contribution in [0.4, 0.5) is 22.0 Å². The predicted octanol–water partition coefficient (Wildman–Crippen LogP) is 3.60. The fourth-order valence-corrected chi connectivity index (χ4v) is 2.25. The number of urea groups is 1. The lowest BCUT2D eigenvalue weighted by Gasteiger charge is -2.10. The van der Waals surface area contributed by atoms with Crippen molar-refractivity contribution in [1.82, 2.24) is 9.97 Å². The molecule has 0 bridgehead atoms. The van der Waals surface area contributed by atoms with Crippen LogP contribution in [0.3, 0.4) is 0 Å². The van der Waals surface area contributed by atoms with Gasteiger partial charge in [-0.05, 0) is 42.0 Å². The summed E-state index contributed by atoms with van der Waals surface area (Å²) in [5, 5.41) is 17.5. The topological polar surface area (TPSA) is 103 Å². The van der Waals surface area contributed by atoms with Crippen LogP contribution in [0, 0.1) is 11.3 Å². The summed E-state index contributed by atoms with van der Waals surface area (Å²) >= 11 is 0. The number of aromatic nitrogens is 2. The summed E-state index contributed by atoms with van der Waals surface area (Å²) < 4.78 is 0. The van der Waals surface area contributed by atoms with Crippen molar-refractivity contribution in [3.8, 4) is 6.07 Å². The molecule has 0 unspecified atom stereocenters. The Kier molecular flexibility index (Phi) is 5.38. The zero-order chi connectivity index (χ0) is 18.2. The molecule has 0 saturated heterocycles. The largest absolute Gasteiger partial charge is 0.366 e. The lowest BCUT2D eigenvalue weighted by Crippen LogP contribution is -2.19. The first kappa shape index (κ1) is 16.9. The van der Waals surface area contributed by atoms with Gasteiger partial charge in [0, 0.05) is 24.6 Å². The van der Waals surface area contributed by atoms with Crippen molar-refractivity contribution in [2.45, 2.75) is 6.54 Å². The zero-order valence-corrected chi connectivity index (χ0v) is 13.8. The lowest BCUT2D eigenvalue weighted by molar-refractivity contribution is 0.262. The number of anilines is 3. The van der Waals surface area contributed by atoms with Crippen molar-refractivity contribution >= 4 is 23.2 Å². The molecule has 3 N–H and O–H groups in total. The maximum absolute atomic E-state index is 12.0. The highest BCUT2D eigenvalue weighted by atomic mass is 16.2. The zero-order valence-electron chi connectivity index (χ0n) is 13.8. The van der Waals surface area contributed by atoms with Crippen LogP contribution in [0.2, 0.25) is 0 Å². The van der Waals surface area contributed by atoms with Crippen LogP contribution in [0.15, 0.2) is 67.1 Å². The molecule has 0 aliphatic carbocycles. The number of benzene rings is 1. The van der Waals surface area contributed by atoms with Crippen LogP contribution in [0.5, 0.6) is 0 Å². The summed E-state index contributed by atoms with van der Waals surface area (Å²) in [6.45, 7) is 0.540. The smallest absolute Gasteiger partial charge is 0.323 e. The lowest BCUT2D eigenvalue weighted by atomic mass is 10.2. The second kappa shape index (κ2) is 8.26. The fraction of sp³-hybridized carbons (Fsp3) is 0.0526. The Bertz CT molecular complexity index is 919. The molecule has 0 saturated carbocycles.